The average Bonchev–Trinajstić information content (AvgIpc) is 2.57. The van der Waals surface area contributed by atoms with Gasteiger partial charge in [-0.25, -0.2) is 0 Å². The number of nitrogens with two attached hydrogens (primary N) is 1. The van der Waals surface area contributed by atoms with Crippen LogP contribution in [0.1, 0.15) is 65.4 Å². The van der Waals surface area contributed by atoms with Crippen molar-refractivity contribution in [2.45, 2.75) is 71.9 Å². The molecule has 1 aromatic rings. The van der Waals surface area contributed by atoms with Crippen molar-refractivity contribution in [1.82, 2.24) is 0 Å². The van der Waals surface area contributed by atoms with E-state index < -0.39 is 0 Å². The minimum absolute atomic E-state index is 0.0389. The minimum atomic E-state index is 0.0389. The predicted molar refractivity (Wildman–Crippen MR) is 112 cm³/mol. The molecule has 3 heteroatoms. The van der Waals surface area contributed by atoms with Gasteiger partial charge in [-0.05, 0) is 56.6 Å². The van der Waals surface area contributed by atoms with Crippen LogP contribution in [0.15, 0.2) is 24.3 Å². The van der Waals surface area contributed by atoms with Crippen LogP contribution in [0, 0.1) is 11.3 Å². The van der Waals surface area contributed by atoms with E-state index >= 15 is 0 Å². The second-order valence-electron chi connectivity index (χ2n) is 9.56. The molecule has 1 saturated heterocycles. The van der Waals surface area contributed by atoms with Gasteiger partial charge in [0.05, 0.1) is 12.1 Å². The van der Waals surface area contributed by atoms with Crippen LogP contribution in [0.3, 0.4) is 0 Å². The third-order valence-electron chi connectivity index (χ3n) is 5.89. The summed E-state index contributed by atoms with van der Waals surface area (Å²) in [6, 6.07) is 8.96. The minimum Gasteiger partial charge on any atom is -0.378 e. The van der Waals surface area contributed by atoms with Gasteiger partial charge in [-0.15, -0.1) is 0 Å². The first-order chi connectivity index (χ1) is 12.2. The lowest BCUT2D eigenvalue weighted by molar-refractivity contribution is -0.672. The molecule has 0 unspecified atom stereocenters. The number of rotatable bonds is 9. The van der Waals surface area contributed by atoms with Crippen LogP contribution in [0.5, 0.6) is 0 Å². The van der Waals surface area contributed by atoms with E-state index in [1.54, 1.807) is 0 Å². The van der Waals surface area contributed by atoms with Gasteiger partial charge in [0.15, 0.2) is 0 Å². The topological polar surface area (TPSA) is 29.1 Å². The molecule has 26 heavy (non-hydrogen) atoms. The summed E-state index contributed by atoms with van der Waals surface area (Å²) in [5, 5.41) is 2.49. The monoisotopic (exact) mass is 361 g/mol. The van der Waals surface area contributed by atoms with Crippen molar-refractivity contribution in [3.8, 4) is 0 Å². The fraction of sp³-hybridized carbons (Fsp3) is 0.739. The molecule has 1 atom stereocenters. The van der Waals surface area contributed by atoms with E-state index in [0.29, 0.717) is 5.41 Å². The van der Waals surface area contributed by atoms with Crippen molar-refractivity contribution in [3.63, 3.8) is 0 Å². The zero-order valence-electron chi connectivity index (χ0n) is 18.0. The Morgan fingerprint density at radius 3 is 2.38 bits per heavy atom. The quantitative estimate of drug-likeness (QED) is 0.667. The molecular weight excluding hydrogens is 320 g/mol. The first kappa shape index (κ1) is 21.2. The van der Waals surface area contributed by atoms with Gasteiger partial charge in [0, 0.05) is 38.4 Å². The second-order valence-corrected chi connectivity index (χ2v) is 9.56. The molecule has 0 aliphatic carbocycles. The molecule has 2 rings (SSSR count). The maximum Gasteiger partial charge on any atom is 0.101 e. The summed E-state index contributed by atoms with van der Waals surface area (Å²) in [5.41, 5.74) is 3.19. The Hall–Kier alpha value is -1.06. The molecule has 0 radical (unpaired) electrons. The lowest BCUT2D eigenvalue weighted by atomic mass is 9.68. The Balaban J connectivity index is 1.86. The van der Waals surface area contributed by atoms with Gasteiger partial charge in [0.1, 0.15) is 6.54 Å². The predicted octanol–water partition coefficient (Wildman–Crippen LogP) is 4.22. The lowest BCUT2D eigenvalue weighted by Crippen LogP contribution is -2.83. The molecule has 1 aromatic carbocycles. The molecular formula is C23H41N2O+. The van der Waals surface area contributed by atoms with Crippen molar-refractivity contribution in [1.29, 1.82) is 0 Å². The van der Waals surface area contributed by atoms with Crippen LogP contribution in [0.4, 0.5) is 5.69 Å². The standard InChI is InChI=1S/C23H40N2O/c1-19(2)11-12-23(14-16-26-22(3,4)18-23)13-15-24-17-20-7-9-21(10-8-20)25(5)6/h7-10,19,24H,11-18H2,1-6H3/p+1/t23-/m0/s1. The highest BCUT2D eigenvalue weighted by molar-refractivity contribution is 5.45. The zero-order valence-corrected chi connectivity index (χ0v) is 18.0. The number of hydrogen-bond donors (Lipinski definition) is 1. The Labute approximate surface area is 161 Å². The molecule has 1 aliphatic heterocycles. The van der Waals surface area contributed by atoms with Crippen LogP contribution >= 0.6 is 0 Å². The highest BCUT2D eigenvalue weighted by atomic mass is 16.5. The Bertz CT molecular complexity index is 536. The third-order valence-corrected chi connectivity index (χ3v) is 5.89. The SMILES string of the molecule is CC(C)CC[C@]1(CC[NH2+]Cc2ccc(N(C)C)cc2)CCOC(C)(C)C1. The molecule has 1 fully saturated rings. The lowest BCUT2D eigenvalue weighted by Gasteiger charge is -2.45. The molecule has 1 aliphatic rings. The molecule has 0 aromatic heterocycles. The number of ether oxygens (including phenoxy) is 1. The fourth-order valence-electron chi connectivity index (χ4n) is 4.34. The normalized spacial score (nSPS) is 22.6. The molecule has 0 amide bonds. The largest absolute Gasteiger partial charge is 0.378 e. The van der Waals surface area contributed by atoms with E-state index in [2.05, 4.69) is 76.3 Å². The summed E-state index contributed by atoms with van der Waals surface area (Å²) in [5.74, 6) is 0.789. The average molecular weight is 362 g/mol. The molecule has 148 valence electrons. The molecule has 2 N–H and O–H groups in total. The van der Waals surface area contributed by atoms with Crippen molar-refractivity contribution < 1.29 is 10.1 Å². The number of benzene rings is 1. The summed E-state index contributed by atoms with van der Waals surface area (Å²) in [7, 11) is 4.18. The van der Waals surface area contributed by atoms with Crippen LogP contribution in [0.25, 0.3) is 0 Å². The van der Waals surface area contributed by atoms with E-state index in [9.17, 15) is 0 Å². The van der Waals surface area contributed by atoms with Gasteiger partial charge >= 0.3 is 0 Å². The van der Waals surface area contributed by atoms with Crippen molar-refractivity contribution in [2.24, 2.45) is 11.3 Å². The second kappa shape index (κ2) is 9.23. The van der Waals surface area contributed by atoms with Gasteiger partial charge < -0.3 is 15.0 Å². The summed E-state index contributed by atoms with van der Waals surface area (Å²) >= 11 is 0. The van der Waals surface area contributed by atoms with Crippen LogP contribution < -0.4 is 10.2 Å². The third kappa shape index (κ3) is 6.59. The molecule has 3 nitrogen and oxygen atoms in total. The highest BCUT2D eigenvalue weighted by Crippen LogP contribution is 2.45. The van der Waals surface area contributed by atoms with Crippen molar-refractivity contribution in [3.05, 3.63) is 29.8 Å². The smallest absolute Gasteiger partial charge is 0.101 e. The number of nitrogens with zero attached hydrogens (tertiary/aromatic N) is 1. The Kier molecular flexibility index (Phi) is 7.54. The molecule has 0 bridgehead atoms. The fourth-order valence-corrected chi connectivity index (χ4v) is 4.34. The van der Waals surface area contributed by atoms with Crippen molar-refractivity contribution in [2.75, 3.05) is 32.1 Å². The Morgan fingerprint density at radius 1 is 1.12 bits per heavy atom. The summed E-state index contributed by atoms with van der Waals surface area (Å²) < 4.78 is 6.02. The molecule has 0 saturated carbocycles. The van der Waals surface area contributed by atoms with E-state index in [0.717, 1.165) is 19.1 Å². The summed E-state index contributed by atoms with van der Waals surface area (Å²) in [6.07, 6.45) is 6.43. The van der Waals surface area contributed by atoms with Crippen LogP contribution in [0.2, 0.25) is 0 Å². The van der Waals surface area contributed by atoms with Gasteiger partial charge in [0.25, 0.3) is 0 Å². The van der Waals surface area contributed by atoms with Gasteiger partial charge in [-0.3, -0.25) is 0 Å². The molecule has 0 spiro atoms. The van der Waals surface area contributed by atoms with E-state index in [-0.39, 0.29) is 5.60 Å². The Morgan fingerprint density at radius 2 is 1.81 bits per heavy atom. The van der Waals surface area contributed by atoms with Gasteiger partial charge in [0.2, 0.25) is 0 Å². The van der Waals surface area contributed by atoms with Crippen molar-refractivity contribution >= 4 is 5.69 Å². The number of quaternary nitrogens is 1. The number of anilines is 1. The maximum atomic E-state index is 6.02. The van der Waals surface area contributed by atoms with Crippen LogP contribution in [-0.2, 0) is 11.3 Å². The molecule has 1 heterocycles. The zero-order chi connectivity index (χ0) is 19.2. The van der Waals surface area contributed by atoms with E-state index in [1.165, 1.54) is 49.9 Å². The van der Waals surface area contributed by atoms with Crippen LogP contribution in [-0.4, -0.2) is 32.8 Å². The van der Waals surface area contributed by atoms with E-state index in [4.69, 9.17) is 4.74 Å². The summed E-state index contributed by atoms with van der Waals surface area (Å²) in [6.45, 7) is 12.5. The highest BCUT2D eigenvalue weighted by Gasteiger charge is 2.40. The first-order valence-corrected chi connectivity index (χ1v) is 10.4. The first-order valence-electron chi connectivity index (χ1n) is 10.4. The van der Waals surface area contributed by atoms with Gasteiger partial charge in [-0.2, -0.15) is 0 Å². The number of hydrogen-bond acceptors (Lipinski definition) is 2. The van der Waals surface area contributed by atoms with E-state index in [1.807, 2.05) is 0 Å². The maximum absolute atomic E-state index is 6.02. The van der Waals surface area contributed by atoms with Gasteiger partial charge in [-0.1, -0.05) is 32.4 Å². The summed E-state index contributed by atoms with van der Waals surface area (Å²) in [4.78, 5) is 2.15.